The minimum absolute atomic E-state index is 0.287. The van der Waals surface area contributed by atoms with Crippen molar-refractivity contribution in [1.29, 1.82) is 5.26 Å². The van der Waals surface area contributed by atoms with Crippen LogP contribution in [0.5, 0.6) is 0 Å². The first kappa shape index (κ1) is 18.3. The second kappa shape index (κ2) is 17.3. The van der Waals surface area contributed by atoms with Crippen molar-refractivity contribution in [2.75, 3.05) is 6.61 Å². The number of aliphatic hydroxyl groups excluding tert-OH is 1. The molecule has 1 aromatic rings. The quantitative estimate of drug-likeness (QED) is 0.647. The van der Waals surface area contributed by atoms with Crippen molar-refractivity contribution in [3.63, 3.8) is 0 Å². The van der Waals surface area contributed by atoms with Gasteiger partial charge in [-0.3, -0.25) is 0 Å². The van der Waals surface area contributed by atoms with E-state index in [-0.39, 0.29) is 6.61 Å². The third-order valence-corrected chi connectivity index (χ3v) is 1.72. The number of rotatable bonds is 4. The third kappa shape index (κ3) is 16.3. The van der Waals surface area contributed by atoms with Crippen LogP contribution in [0.15, 0.2) is 68.3 Å². The number of aliphatic hydroxyl groups is 1. The lowest BCUT2D eigenvalue weighted by atomic mass is 10.1. The molecule has 0 saturated heterocycles. The predicted octanol–water partition coefficient (Wildman–Crippen LogP) is 3.67. The number of allylic oxidation sites excluding steroid dienone is 3. The summed E-state index contributed by atoms with van der Waals surface area (Å²) in [6.07, 6.45) is 6.31. The topological polar surface area (TPSA) is 44.0 Å². The van der Waals surface area contributed by atoms with Gasteiger partial charge < -0.3 is 5.11 Å². The zero-order valence-electron chi connectivity index (χ0n) is 10.8. The Hall–Kier alpha value is -2.11. The van der Waals surface area contributed by atoms with Crippen LogP contribution in [0.4, 0.5) is 0 Å². The summed E-state index contributed by atoms with van der Waals surface area (Å²) in [5.41, 5.74) is 1.30. The number of hydrogen-bond acceptors (Lipinski definition) is 2. The van der Waals surface area contributed by atoms with Crippen LogP contribution in [0.25, 0.3) is 0 Å². The lowest BCUT2D eigenvalue weighted by molar-refractivity contribution is 0.288. The van der Waals surface area contributed by atoms with Crippen molar-refractivity contribution in [3.05, 3.63) is 73.9 Å². The zero-order chi connectivity index (χ0) is 14.1. The Morgan fingerprint density at radius 3 is 1.94 bits per heavy atom. The van der Waals surface area contributed by atoms with E-state index in [1.54, 1.807) is 18.2 Å². The Bertz CT molecular complexity index is 343. The fourth-order valence-corrected chi connectivity index (χ4v) is 0.928. The van der Waals surface area contributed by atoms with E-state index in [1.807, 2.05) is 18.2 Å². The first-order valence-electron chi connectivity index (χ1n) is 5.65. The Kier molecular flexibility index (Phi) is 17.5. The molecule has 0 unspecified atom stereocenters. The molecular weight excluding hydrogens is 222 g/mol. The molecule has 0 heterocycles. The normalized spacial score (nSPS) is 7.33. The van der Waals surface area contributed by atoms with Crippen molar-refractivity contribution < 1.29 is 5.11 Å². The first-order valence-corrected chi connectivity index (χ1v) is 5.65. The summed E-state index contributed by atoms with van der Waals surface area (Å²) in [6, 6.07) is 11.9. The molecule has 1 N–H and O–H groups in total. The maximum atomic E-state index is 8.53. The van der Waals surface area contributed by atoms with Gasteiger partial charge in [-0.25, -0.2) is 0 Å². The molecule has 1 rings (SSSR count). The fraction of sp³-hybridized carbons (Fsp3) is 0.188. The van der Waals surface area contributed by atoms with E-state index in [0.29, 0.717) is 0 Å². The molecule has 2 heteroatoms. The number of nitrogens with zero attached hydrogens (tertiary/aromatic N) is 1. The van der Waals surface area contributed by atoms with Gasteiger partial charge in [-0.15, -0.1) is 0 Å². The molecule has 0 aromatic heterocycles. The van der Waals surface area contributed by atoms with Crippen LogP contribution in [-0.4, -0.2) is 11.7 Å². The van der Waals surface area contributed by atoms with Crippen LogP contribution in [0.3, 0.4) is 0 Å². The van der Waals surface area contributed by atoms with Gasteiger partial charge in [0.1, 0.15) is 0 Å². The van der Waals surface area contributed by atoms with E-state index in [4.69, 9.17) is 10.4 Å². The van der Waals surface area contributed by atoms with Gasteiger partial charge in [0.05, 0.1) is 6.07 Å². The van der Waals surface area contributed by atoms with Crippen LogP contribution >= 0.6 is 0 Å². The maximum Gasteiger partial charge on any atom is 0.0905 e. The molecule has 0 aliphatic carbocycles. The second-order valence-electron chi connectivity index (χ2n) is 3.12. The summed E-state index contributed by atoms with van der Waals surface area (Å²) in [5, 5.41) is 16.0. The minimum atomic E-state index is 0.287. The van der Waals surface area contributed by atoms with Crippen LogP contribution in [-0.2, 0) is 6.42 Å². The Labute approximate surface area is 110 Å². The van der Waals surface area contributed by atoms with Gasteiger partial charge in [0.25, 0.3) is 0 Å². The molecule has 0 aliphatic heterocycles. The number of nitriles is 1. The van der Waals surface area contributed by atoms with Gasteiger partial charge in [-0.2, -0.15) is 5.26 Å². The molecule has 1 aromatic carbocycles. The van der Waals surface area contributed by atoms with Crippen molar-refractivity contribution >= 4 is 0 Å². The average Bonchev–Trinajstić information content (AvgIpc) is 2.46. The average molecular weight is 243 g/mol. The summed E-state index contributed by atoms with van der Waals surface area (Å²) in [7, 11) is 0. The Morgan fingerprint density at radius 2 is 1.61 bits per heavy atom. The van der Waals surface area contributed by atoms with Gasteiger partial charge in [0, 0.05) is 12.7 Å². The van der Waals surface area contributed by atoms with Gasteiger partial charge in [0.15, 0.2) is 0 Å². The highest BCUT2D eigenvalue weighted by atomic mass is 16.2. The third-order valence-electron chi connectivity index (χ3n) is 1.72. The summed E-state index contributed by atoms with van der Waals surface area (Å²) >= 11 is 0. The van der Waals surface area contributed by atoms with Gasteiger partial charge >= 0.3 is 0 Å². The highest BCUT2D eigenvalue weighted by Gasteiger charge is 1.87. The summed E-state index contributed by atoms with van der Waals surface area (Å²) < 4.78 is 0. The van der Waals surface area contributed by atoms with Crippen molar-refractivity contribution in [2.45, 2.75) is 12.8 Å². The van der Waals surface area contributed by atoms with Crippen LogP contribution in [0.2, 0.25) is 0 Å². The summed E-state index contributed by atoms with van der Waals surface area (Å²) in [5.74, 6) is 0. The molecule has 0 fully saturated rings. The zero-order valence-corrected chi connectivity index (χ0v) is 10.8. The summed E-state index contributed by atoms with van der Waals surface area (Å²) in [4.78, 5) is 0. The molecule has 0 aliphatic rings. The molecule has 0 radical (unpaired) electrons. The number of hydrogen-bond donors (Lipinski definition) is 1. The van der Waals surface area contributed by atoms with E-state index >= 15 is 0 Å². The highest BCUT2D eigenvalue weighted by molar-refractivity contribution is 5.14. The second-order valence-corrected chi connectivity index (χ2v) is 3.12. The van der Waals surface area contributed by atoms with E-state index in [2.05, 4.69) is 31.9 Å². The highest BCUT2D eigenvalue weighted by Crippen LogP contribution is 2.00. The molecule has 0 saturated carbocycles. The van der Waals surface area contributed by atoms with Crippen molar-refractivity contribution in [1.82, 2.24) is 0 Å². The minimum Gasteiger partial charge on any atom is -0.396 e. The summed E-state index contributed by atoms with van der Waals surface area (Å²) in [6.45, 7) is 10.1. The molecule has 0 amide bonds. The predicted molar refractivity (Wildman–Crippen MR) is 78.1 cm³/mol. The molecule has 0 bridgehead atoms. The van der Waals surface area contributed by atoms with Crippen LogP contribution < -0.4 is 0 Å². The van der Waals surface area contributed by atoms with Crippen molar-refractivity contribution in [2.24, 2.45) is 0 Å². The monoisotopic (exact) mass is 243 g/mol. The van der Waals surface area contributed by atoms with E-state index in [1.165, 1.54) is 11.6 Å². The largest absolute Gasteiger partial charge is 0.396 e. The molecule has 96 valence electrons. The van der Waals surface area contributed by atoms with Gasteiger partial charge in [0.2, 0.25) is 0 Å². The molecule has 0 spiro atoms. The SMILES string of the molecule is C=CC#N.C=CC=C.OCCCc1ccccc1. The van der Waals surface area contributed by atoms with E-state index < -0.39 is 0 Å². The number of aryl methyl sites for hydroxylation is 1. The van der Waals surface area contributed by atoms with Crippen LogP contribution in [0, 0.1) is 11.3 Å². The lowest BCUT2D eigenvalue weighted by Crippen LogP contribution is -1.87. The van der Waals surface area contributed by atoms with Gasteiger partial charge in [-0.05, 0) is 18.4 Å². The molecule has 18 heavy (non-hydrogen) atoms. The maximum absolute atomic E-state index is 8.53. The molecule has 0 atom stereocenters. The standard InChI is InChI=1S/C9H12O.C4H6.C3H3N/c10-8-4-7-9-5-2-1-3-6-9;1-3-4-2;1-2-3-4/h1-3,5-6,10H,4,7-8H2;3-4H,1-2H2;2H,1H2. The van der Waals surface area contributed by atoms with E-state index in [9.17, 15) is 0 Å². The number of benzene rings is 1. The molecule has 2 nitrogen and oxygen atoms in total. The smallest absolute Gasteiger partial charge is 0.0905 e. The first-order chi connectivity index (χ1) is 8.76. The van der Waals surface area contributed by atoms with Crippen molar-refractivity contribution in [3.8, 4) is 6.07 Å². The fourth-order valence-electron chi connectivity index (χ4n) is 0.928. The van der Waals surface area contributed by atoms with E-state index in [0.717, 1.165) is 12.8 Å². The Balaban J connectivity index is 0. The van der Waals surface area contributed by atoms with Gasteiger partial charge in [-0.1, -0.05) is 62.2 Å². The Morgan fingerprint density at radius 1 is 1.11 bits per heavy atom. The molecular formula is C16H21NO. The lowest BCUT2D eigenvalue weighted by Gasteiger charge is -1.96. The van der Waals surface area contributed by atoms with Crippen LogP contribution in [0.1, 0.15) is 12.0 Å².